The van der Waals surface area contributed by atoms with E-state index in [4.69, 9.17) is 0 Å². The first-order chi connectivity index (χ1) is 16.1. The standard InChI is InChI=1S/C25H21N5OS2/c1-15-7-9-17(10-8-15)19-12-32-24-22(19)23-27-28-25(29(23)14-26-24)33-13-21(31)30-16(2)11-18-5-3-4-6-20(18)30/h3-10,12,14,16H,11,13H2,1-2H3. The van der Waals surface area contributed by atoms with Gasteiger partial charge in [-0.3, -0.25) is 9.20 Å². The molecule has 0 saturated heterocycles. The van der Waals surface area contributed by atoms with E-state index in [1.165, 1.54) is 22.9 Å². The molecule has 1 aliphatic heterocycles. The summed E-state index contributed by atoms with van der Waals surface area (Å²) in [5, 5.41) is 12.7. The van der Waals surface area contributed by atoms with Gasteiger partial charge in [-0.25, -0.2) is 4.98 Å². The summed E-state index contributed by atoms with van der Waals surface area (Å²) in [6.45, 7) is 4.18. The normalized spacial score (nSPS) is 15.5. The minimum Gasteiger partial charge on any atom is -0.308 e. The van der Waals surface area contributed by atoms with Crippen LogP contribution in [0, 0.1) is 6.92 Å². The second kappa shape index (κ2) is 7.97. The second-order valence-electron chi connectivity index (χ2n) is 8.35. The zero-order valence-corrected chi connectivity index (χ0v) is 19.9. The van der Waals surface area contributed by atoms with Gasteiger partial charge in [0, 0.05) is 22.7 Å². The van der Waals surface area contributed by atoms with E-state index >= 15 is 0 Å². The predicted octanol–water partition coefficient (Wildman–Crippen LogP) is 5.38. The van der Waals surface area contributed by atoms with Crippen LogP contribution in [-0.4, -0.2) is 37.3 Å². The highest BCUT2D eigenvalue weighted by Gasteiger charge is 2.30. The van der Waals surface area contributed by atoms with Gasteiger partial charge in [0.15, 0.2) is 10.8 Å². The van der Waals surface area contributed by atoms with Gasteiger partial charge < -0.3 is 4.90 Å². The Balaban J connectivity index is 1.31. The van der Waals surface area contributed by atoms with Gasteiger partial charge in [0.05, 0.1) is 11.1 Å². The van der Waals surface area contributed by atoms with Crippen LogP contribution in [0.2, 0.25) is 0 Å². The van der Waals surface area contributed by atoms with E-state index in [2.05, 4.69) is 64.7 Å². The molecule has 1 unspecified atom stereocenters. The van der Waals surface area contributed by atoms with Crippen LogP contribution in [0.4, 0.5) is 5.69 Å². The van der Waals surface area contributed by atoms with Crippen molar-refractivity contribution in [2.75, 3.05) is 10.7 Å². The number of benzene rings is 2. The number of thioether (sulfide) groups is 1. The van der Waals surface area contributed by atoms with E-state index in [1.54, 1.807) is 17.7 Å². The van der Waals surface area contributed by atoms with E-state index in [0.717, 1.165) is 39.1 Å². The fraction of sp³-hybridized carbons (Fsp3) is 0.200. The molecule has 2 aromatic carbocycles. The molecule has 0 fully saturated rings. The lowest BCUT2D eigenvalue weighted by molar-refractivity contribution is -0.116. The number of fused-ring (bicyclic) bond motifs is 4. The zero-order chi connectivity index (χ0) is 22.5. The molecule has 0 bridgehead atoms. The number of thiophene rings is 1. The summed E-state index contributed by atoms with van der Waals surface area (Å²) in [7, 11) is 0. The number of para-hydroxylation sites is 1. The number of hydrogen-bond donors (Lipinski definition) is 0. The Morgan fingerprint density at radius 2 is 1.97 bits per heavy atom. The number of aryl methyl sites for hydroxylation is 1. The molecular weight excluding hydrogens is 450 g/mol. The van der Waals surface area contributed by atoms with E-state index in [9.17, 15) is 4.79 Å². The second-order valence-corrected chi connectivity index (χ2v) is 10.2. The Morgan fingerprint density at radius 3 is 2.82 bits per heavy atom. The number of nitrogens with zero attached hydrogens (tertiary/aromatic N) is 5. The third-order valence-electron chi connectivity index (χ3n) is 6.11. The van der Waals surface area contributed by atoms with Crippen LogP contribution < -0.4 is 4.90 Å². The Kier molecular flexibility index (Phi) is 4.92. The highest BCUT2D eigenvalue weighted by molar-refractivity contribution is 7.99. The molecule has 1 atom stereocenters. The molecule has 0 radical (unpaired) electrons. The van der Waals surface area contributed by atoms with Gasteiger partial charge in [-0.1, -0.05) is 59.8 Å². The molecule has 33 heavy (non-hydrogen) atoms. The predicted molar refractivity (Wildman–Crippen MR) is 134 cm³/mol. The number of carbonyl (C=O) groups is 1. The molecule has 4 heterocycles. The van der Waals surface area contributed by atoms with E-state index < -0.39 is 0 Å². The number of carbonyl (C=O) groups excluding carboxylic acids is 1. The number of aromatic nitrogens is 4. The number of amides is 1. The monoisotopic (exact) mass is 471 g/mol. The first kappa shape index (κ1) is 20.4. The quantitative estimate of drug-likeness (QED) is 0.329. The third-order valence-corrected chi connectivity index (χ3v) is 7.93. The van der Waals surface area contributed by atoms with Gasteiger partial charge in [-0.2, -0.15) is 0 Å². The van der Waals surface area contributed by atoms with Crippen LogP contribution in [0.25, 0.3) is 27.0 Å². The van der Waals surface area contributed by atoms with Crippen molar-refractivity contribution in [3.05, 3.63) is 71.4 Å². The van der Waals surface area contributed by atoms with Crippen molar-refractivity contribution in [2.45, 2.75) is 31.5 Å². The lowest BCUT2D eigenvalue weighted by Crippen LogP contribution is -2.37. The fourth-order valence-electron chi connectivity index (χ4n) is 4.51. The number of anilines is 1. The molecule has 0 saturated carbocycles. The van der Waals surface area contributed by atoms with E-state index in [-0.39, 0.29) is 11.9 Å². The van der Waals surface area contributed by atoms with Crippen LogP contribution in [0.5, 0.6) is 0 Å². The molecule has 6 nitrogen and oxygen atoms in total. The lowest BCUT2D eigenvalue weighted by Gasteiger charge is -2.22. The van der Waals surface area contributed by atoms with Crippen molar-refractivity contribution in [1.82, 2.24) is 19.6 Å². The van der Waals surface area contributed by atoms with Gasteiger partial charge in [0.1, 0.15) is 11.2 Å². The third kappa shape index (κ3) is 3.41. The van der Waals surface area contributed by atoms with Gasteiger partial charge in [0.2, 0.25) is 5.91 Å². The summed E-state index contributed by atoms with van der Waals surface area (Å²) >= 11 is 3.01. The summed E-state index contributed by atoms with van der Waals surface area (Å²) in [5.74, 6) is 0.380. The molecular formula is C25H21N5OS2. The molecule has 0 spiro atoms. The van der Waals surface area contributed by atoms with Crippen molar-refractivity contribution in [1.29, 1.82) is 0 Å². The lowest BCUT2D eigenvalue weighted by atomic mass is 10.0. The summed E-state index contributed by atoms with van der Waals surface area (Å²) in [6.07, 6.45) is 2.65. The smallest absolute Gasteiger partial charge is 0.237 e. The topological polar surface area (TPSA) is 63.4 Å². The Bertz CT molecular complexity index is 1500. The zero-order valence-electron chi connectivity index (χ0n) is 18.2. The van der Waals surface area contributed by atoms with Crippen molar-refractivity contribution in [3.63, 3.8) is 0 Å². The maximum absolute atomic E-state index is 13.1. The van der Waals surface area contributed by atoms with E-state index in [0.29, 0.717) is 10.9 Å². The van der Waals surface area contributed by atoms with Gasteiger partial charge in [0.25, 0.3) is 0 Å². The Labute approximate surface area is 199 Å². The van der Waals surface area contributed by atoms with Gasteiger partial charge in [-0.15, -0.1) is 21.5 Å². The van der Waals surface area contributed by atoms with E-state index in [1.807, 2.05) is 27.5 Å². The van der Waals surface area contributed by atoms with Crippen molar-refractivity contribution in [2.24, 2.45) is 0 Å². The van der Waals surface area contributed by atoms with Crippen LogP contribution in [0.15, 0.2) is 65.4 Å². The Hall–Kier alpha value is -3.23. The molecule has 0 aliphatic carbocycles. The van der Waals surface area contributed by atoms with Crippen LogP contribution in [-0.2, 0) is 11.2 Å². The maximum atomic E-state index is 13.1. The average molecular weight is 472 g/mol. The Morgan fingerprint density at radius 1 is 1.15 bits per heavy atom. The summed E-state index contributed by atoms with van der Waals surface area (Å²) in [5.41, 5.74) is 6.48. The molecule has 5 aromatic rings. The van der Waals surface area contributed by atoms with Gasteiger partial charge in [-0.05, 0) is 37.5 Å². The van der Waals surface area contributed by atoms with Crippen molar-refractivity contribution < 1.29 is 4.79 Å². The molecule has 1 aliphatic rings. The van der Waals surface area contributed by atoms with Crippen molar-refractivity contribution >= 4 is 50.6 Å². The van der Waals surface area contributed by atoms with Crippen molar-refractivity contribution in [3.8, 4) is 11.1 Å². The number of rotatable bonds is 4. The minimum absolute atomic E-state index is 0.0825. The van der Waals surface area contributed by atoms with Crippen LogP contribution in [0.3, 0.4) is 0 Å². The molecule has 0 N–H and O–H groups in total. The fourth-order valence-corrected chi connectivity index (χ4v) is 6.18. The average Bonchev–Trinajstić information content (AvgIpc) is 3.52. The van der Waals surface area contributed by atoms with Crippen LogP contribution in [0.1, 0.15) is 18.1 Å². The minimum atomic E-state index is 0.0825. The van der Waals surface area contributed by atoms with Gasteiger partial charge >= 0.3 is 0 Å². The maximum Gasteiger partial charge on any atom is 0.237 e. The molecule has 8 heteroatoms. The summed E-state index contributed by atoms with van der Waals surface area (Å²) < 4.78 is 1.89. The molecule has 6 rings (SSSR count). The highest BCUT2D eigenvalue weighted by atomic mass is 32.2. The first-order valence-electron chi connectivity index (χ1n) is 10.8. The largest absolute Gasteiger partial charge is 0.308 e. The first-order valence-corrected chi connectivity index (χ1v) is 12.7. The SMILES string of the molecule is Cc1ccc(-c2csc3ncn4c(SCC(=O)N5c6ccccc6CC5C)nnc4c23)cc1. The molecule has 3 aromatic heterocycles. The summed E-state index contributed by atoms with van der Waals surface area (Å²) in [4.78, 5) is 20.6. The highest BCUT2D eigenvalue weighted by Crippen LogP contribution is 2.36. The molecule has 164 valence electrons. The van der Waals surface area contributed by atoms with Crippen LogP contribution >= 0.6 is 23.1 Å². The summed E-state index contributed by atoms with van der Waals surface area (Å²) in [6, 6.07) is 16.8. The number of hydrogen-bond acceptors (Lipinski definition) is 6. The molecule has 1 amide bonds.